The summed E-state index contributed by atoms with van der Waals surface area (Å²) in [6, 6.07) is 11.9. The standard InChI is InChI=1S/C48H64O10S2/c1-3-5-7-9-11-19-33-57-47(51)41-43(49)46(60(55,56)40-31-27-38(28-32-40)36-23-17-14-18-24-36)42(48(52)58-34-20-12-10-8-6-4-2)44(50)45(41)59(53,54)39-29-25-37(26-30-39)35-21-15-13-16-22-35/h25-32,35-36H,3-24,33-34H2,1-2H3. The Morgan fingerprint density at radius 2 is 0.800 bits per heavy atom. The number of Topliss-reactive ketones (excluding diaryl/α,β-unsaturated/α-hetero) is 2. The summed E-state index contributed by atoms with van der Waals surface area (Å²) in [4.78, 5) is 54.2. The maximum absolute atomic E-state index is 14.8. The Labute approximate surface area is 357 Å². The quantitative estimate of drug-likeness (QED) is 0.0483. The van der Waals surface area contributed by atoms with E-state index in [1.807, 2.05) is 0 Å². The zero-order valence-corrected chi connectivity index (χ0v) is 37.3. The predicted molar refractivity (Wildman–Crippen MR) is 232 cm³/mol. The normalized spacial score (nSPS) is 17.3. The van der Waals surface area contributed by atoms with E-state index in [1.165, 1.54) is 24.3 Å². The highest BCUT2D eigenvalue weighted by Gasteiger charge is 2.51. The first-order chi connectivity index (χ1) is 28.9. The molecular formula is C48H64O10S2. The third kappa shape index (κ3) is 11.7. The predicted octanol–water partition coefficient (Wildman–Crippen LogP) is 10.5. The monoisotopic (exact) mass is 864 g/mol. The number of unbranched alkanes of at least 4 members (excludes halogenated alkanes) is 10. The van der Waals surface area contributed by atoms with Gasteiger partial charge in [0.1, 0.15) is 21.0 Å². The topological polar surface area (TPSA) is 155 Å². The third-order valence-corrected chi connectivity index (χ3v) is 15.9. The molecule has 60 heavy (non-hydrogen) atoms. The smallest absolute Gasteiger partial charge is 0.343 e. The summed E-state index contributed by atoms with van der Waals surface area (Å²) in [7, 11) is -10.0. The van der Waals surface area contributed by atoms with Gasteiger partial charge >= 0.3 is 11.9 Å². The second kappa shape index (κ2) is 22.8. The molecule has 0 atom stereocenters. The molecule has 0 spiro atoms. The van der Waals surface area contributed by atoms with Crippen LogP contribution in [0.25, 0.3) is 0 Å². The Bertz CT molecular complexity index is 1930. The lowest BCUT2D eigenvalue weighted by atomic mass is 9.84. The molecule has 5 rings (SSSR count). The first-order valence-electron chi connectivity index (χ1n) is 22.6. The van der Waals surface area contributed by atoms with Gasteiger partial charge in [-0.2, -0.15) is 0 Å². The fourth-order valence-electron chi connectivity index (χ4n) is 8.73. The van der Waals surface area contributed by atoms with E-state index in [4.69, 9.17) is 9.47 Å². The van der Waals surface area contributed by atoms with Crippen molar-refractivity contribution in [1.29, 1.82) is 0 Å². The van der Waals surface area contributed by atoms with E-state index < -0.39 is 64.1 Å². The molecule has 0 N–H and O–H groups in total. The maximum Gasteiger partial charge on any atom is 0.343 e. The molecule has 0 aromatic heterocycles. The minimum atomic E-state index is -5.02. The molecule has 0 heterocycles. The number of sulfone groups is 2. The van der Waals surface area contributed by atoms with E-state index in [2.05, 4.69) is 13.8 Å². The highest BCUT2D eigenvalue weighted by Crippen LogP contribution is 2.40. The molecule has 3 aliphatic carbocycles. The lowest BCUT2D eigenvalue weighted by Crippen LogP contribution is -2.37. The first kappa shape index (κ1) is 47.2. The summed E-state index contributed by atoms with van der Waals surface area (Å²) in [6.07, 6.45) is 20.4. The van der Waals surface area contributed by atoms with Gasteiger partial charge in [0.2, 0.25) is 31.2 Å². The van der Waals surface area contributed by atoms with Gasteiger partial charge in [-0.1, -0.05) is 141 Å². The fraction of sp³-hybridized carbons (Fsp3) is 0.583. The Morgan fingerprint density at radius 3 is 1.13 bits per heavy atom. The van der Waals surface area contributed by atoms with E-state index in [0.29, 0.717) is 25.7 Å². The van der Waals surface area contributed by atoms with Crippen LogP contribution in [0.2, 0.25) is 0 Å². The van der Waals surface area contributed by atoms with E-state index in [9.17, 15) is 36.0 Å². The van der Waals surface area contributed by atoms with Crippen molar-refractivity contribution in [1.82, 2.24) is 0 Å². The zero-order valence-electron chi connectivity index (χ0n) is 35.6. The van der Waals surface area contributed by atoms with Gasteiger partial charge < -0.3 is 9.47 Å². The molecule has 0 amide bonds. The molecule has 0 bridgehead atoms. The van der Waals surface area contributed by atoms with Crippen molar-refractivity contribution in [2.45, 2.75) is 177 Å². The molecular weight excluding hydrogens is 801 g/mol. The van der Waals surface area contributed by atoms with Gasteiger partial charge in [-0.05, 0) is 85.8 Å². The number of hydrogen-bond acceptors (Lipinski definition) is 10. The lowest BCUT2D eigenvalue weighted by molar-refractivity contribution is -0.143. The minimum Gasteiger partial charge on any atom is -0.462 e. The molecule has 0 radical (unpaired) electrons. The van der Waals surface area contributed by atoms with E-state index in [0.717, 1.165) is 127 Å². The summed E-state index contributed by atoms with van der Waals surface area (Å²) < 4.78 is 69.4. The van der Waals surface area contributed by atoms with Gasteiger partial charge in [0.05, 0.1) is 23.0 Å². The van der Waals surface area contributed by atoms with E-state index in [-0.39, 0.29) is 34.8 Å². The largest absolute Gasteiger partial charge is 0.462 e. The average Bonchev–Trinajstić information content (AvgIpc) is 3.26. The number of allylic oxidation sites excluding steroid dienone is 2. The molecule has 0 saturated heterocycles. The Balaban J connectivity index is 1.57. The SMILES string of the molecule is CCCCCCCCOC(=O)C1=C(S(=O)(=O)c2ccc(C3CCCCC3)cc2)C(=O)C(C(=O)OCCCCCCCC)=C(S(=O)(=O)c2ccc(C3CCCCC3)cc2)C1=O. The molecule has 12 heteroatoms. The minimum absolute atomic E-state index is 0.194. The molecule has 2 aromatic carbocycles. The van der Waals surface area contributed by atoms with Crippen LogP contribution in [0.4, 0.5) is 0 Å². The molecule has 0 aliphatic heterocycles. The Hall–Kier alpha value is -3.90. The highest BCUT2D eigenvalue weighted by molar-refractivity contribution is 7.97. The van der Waals surface area contributed by atoms with Crippen molar-refractivity contribution >= 4 is 43.2 Å². The fourth-order valence-corrected chi connectivity index (χ4v) is 11.8. The van der Waals surface area contributed by atoms with Gasteiger partial charge in [0, 0.05) is 0 Å². The maximum atomic E-state index is 14.8. The van der Waals surface area contributed by atoms with Crippen LogP contribution in [0.1, 0.15) is 178 Å². The second-order valence-corrected chi connectivity index (χ2v) is 20.5. The first-order valence-corrected chi connectivity index (χ1v) is 25.5. The number of benzene rings is 2. The van der Waals surface area contributed by atoms with Crippen LogP contribution >= 0.6 is 0 Å². The summed E-state index contributed by atoms with van der Waals surface area (Å²) in [5.74, 6) is -5.61. The molecule has 3 aliphatic rings. The molecule has 10 nitrogen and oxygen atoms in total. The number of ketones is 2. The van der Waals surface area contributed by atoms with Crippen LogP contribution in [-0.4, -0.2) is 53.6 Å². The van der Waals surface area contributed by atoms with E-state index in [1.54, 1.807) is 24.3 Å². The van der Waals surface area contributed by atoms with Crippen molar-refractivity contribution < 1.29 is 45.5 Å². The second-order valence-electron chi connectivity index (χ2n) is 16.7. The number of ether oxygens (including phenoxy) is 2. The average molecular weight is 865 g/mol. The van der Waals surface area contributed by atoms with Gasteiger partial charge in [0.15, 0.2) is 0 Å². The number of esters is 2. The molecule has 2 fully saturated rings. The lowest BCUT2D eigenvalue weighted by Gasteiger charge is -2.24. The van der Waals surface area contributed by atoms with Crippen LogP contribution in [-0.2, 0) is 48.3 Å². The highest BCUT2D eigenvalue weighted by atomic mass is 32.2. The van der Waals surface area contributed by atoms with Crippen molar-refractivity contribution in [2.75, 3.05) is 13.2 Å². The number of carbonyl (C=O) groups is 4. The van der Waals surface area contributed by atoms with Crippen molar-refractivity contribution in [3.8, 4) is 0 Å². The number of rotatable bonds is 22. The van der Waals surface area contributed by atoms with Crippen LogP contribution in [0.15, 0.2) is 79.3 Å². The van der Waals surface area contributed by atoms with Gasteiger partial charge in [-0.3, -0.25) is 9.59 Å². The summed E-state index contributed by atoms with van der Waals surface area (Å²) in [5, 5.41) is 0. The number of hydrogen-bond donors (Lipinski definition) is 0. The molecule has 2 saturated carbocycles. The van der Waals surface area contributed by atoms with Crippen LogP contribution in [0.5, 0.6) is 0 Å². The van der Waals surface area contributed by atoms with Crippen molar-refractivity contribution in [3.05, 3.63) is 80.6 Å². The third-order valence-electron chi connectivity index (χ3n) is 12.3. The van der Waals surface area contributed by atoms with Crippen LogP contribution in [0.3, 0.4) is 0 Å². The van der Waals surface area contributed by atoms with Crippen LogP contribution < -0.4 is 0 Å². The van der Waals surface area contributed by atoms with Gasteiger partial charge in [-0.15, -0.1) is 0 Å². The summed E-state index contributed by atoms with van der Waals surface area (Å²) >= 11 is 0. The number of carbonyl (C=O) groups excluding carboxylic acids is 4. The Morgan fingerprint density at radius 1 is 0.483 bits per heavy atom. The van der Waals surface area contributed by atoms with Crippen molar-refractivity contribution in [2.24, 2.45) is 0 Å². The summed E-state index contributed by atoms with van der Waals surface area (Å²) in [6.45, 7) is 3.79. The summed E-state index contributed by atoms with van der Waals surface area (Å²) in [5.41, 5.74) is -0.609. The molecule has 328 valence electrons. The van der Waals surface area contributed by atoms with Gasteiger partial charge in [0.25, 0.3) is 0 Å². The zero-order chi connectivity index (χ0) is 43.1. The molecule has 0 unspecified atom stereocenters. The van der Waals surface area contributed by atoms with Gasteiger partial charge in [-0.25, -0.2) is 26.4 Å². The molecule has 2 aromatic rings. The van der Waals surface area contributed by atoms with Crippen molar-refractivity contribution in [3.63, 3.8) is 0 Å². The van der Waals surface area contributed by atoms with E-state index >= 15 is 0 Å². The van der Waals surface area contributed by atoms with Crippen LogP contribution in [0, 0.1) is 0 Å². The Kier molecular flexibility index (Phi) is 17.9.